The number of benzene rings is 1. The molecule has 1 saturated heterocycles. The summed E-state index contributed by atoms with van der Waals surface area (Å²) in [5, 5.41) is 12.5. The molecule has 3 heterocycles. The second kappa shape index (κ2) is 8.72. The Labute approximate surface area is 176 Å². The molecule has 0 saturated carbocycles. The average molecular weight is 406 g/mol. The predicted molar refractivity (Wildman–Crippen MR) is 111 cm³/mol. The van der Waals surface area contributed by atoms with Crippen molar-refractivity contribution in [1.29, 1.82) is 5.26 Å². The Kier molecular flexibility index (Phi) is 5.86. The van der Waals surface area contributed by atoms with E-state index in [0.29, 0.717) is 44.0 Å². The van der Waals surface area contributed by atoms with Gasteiger partial charge in [0, 0.05) is 13.1 Å². The van der Waals surface area contributed by atoms with Crippen LogP contribution in [0, 0.1) is 11.3 Å². The Balaban J connectivity index is 1.63. The highest BCUT2D eigenvalue weighted by Gasteiger charge is 2.34. The van der Waals surface area contributed by atoms with Crippen molar-refractivity contribution in [3.8, 4) is 6.07 Å². The minimum absolute atomic E-state index is 0.112. The van der Waals surface area contributed by atoms with Gasteiger partial charge in [-0.1, -0.05) is 37.3 Å². The monoisotopic (exact) mass is 406 g/mol. The van der Waals surface area contributed by atoms with E-state index in [-0.39, 0.29) is 17.9 Å². The second-order valence-electron chi connectivity index (χ2n) is 7.72. The van der Waals surface area contributed by atoms with E-state index in [0.717, 1.165) is 24.1 Å². The van der Waals surface area contributed by atoms with Crippen molar-refractivity contribution in [2.45, 2.75) is 51.4 Å². The Hall–Kier alpha value is -3.11. The molecule has 1 aromatic carbocycles. The number of hydrogen-bond acceptors (Lipinski definition) is 4. The van der Waals surface area contributed by atoms with Gasteiger partial charge in [-0.2, -0.15) is 5.26 Å². The molecule has 0 radical (unpaired) electrons. The number of aromatic nitrogens is 1. The molecule has 2 aromatic rings. The lowest BCUT2D eigenvalue weighted by Crippen LogP contribution is -2.36. The lowest BCUT2D eigenvalue weighted by atomic mass is 10.0. The van der Waals surface area contributed by atoms with Crippen LogP contribution in [0.25, 0.3) is 0 Å². The molecule has 0 spiro atoms. The fraction of sp³-hybridized carbons (Fsp3) is 0.435. The van der Waals surface area contributed by atoms with Crippen LogP contribution in [0.4, 0.5) is 0 Å². The molecular weight excluding hydrogens is 380 g/mol. The highest BCUT2D eigenvalue weighted by atomic mass is 16.5. The third kappa shape index (κ3) is 3.71. The molecule has 1 N–H and O–H groups in total. The molecule has 0 bridgehead atoms. The van der Waals surface area contributed by atoms with Crippen LogP contribution in [0.1, 0.15) is 64.3 Å². The van der Waals surface area contributed by atoms with Crippen molar-refractivity contribution >= 4 is 11.8 Å². The van der Waals surface area contributed by atoms with Crippen LogP contribution >= 0.6 is 0 Å². The smallest absolute Gasteiger partial charge is 0.271 e. The van der Waals surface area contributed by atoms with Crippen molar-refractivity contribution in [3.05, 3.63) is 58.9 Å². The molecular formula is C23H26N4O3. The summed E-state index contributed by atoms with van der Waals surface area (Å²) in [6.07, 6.45) is 2.27. The Morgan fingerprint density at radius 3 is 2.83 bits per heavy atom. The number of carbonyl (C=O) groups is 2. The maximum Gasteiger partial charge on any atom is 0.271 e. The van der Waals surface area contributed by atoms with Crippen LogP contribution in [-0.2, 0) is 17.9 Å². The van der Waals surface area contributed by atoms with Crippen molar-refractivity contribution in [2.24, 2.45) is 0 Å². The Bertz CT molecular complexity index is 976. The zero-order chi connectivity index (χ0) is 21.1. The van der Waals surface area contributed by atoms with E-state index < -0.39 is 6.04 Å². The highest BCUT2D eigenvalue weighted by Crippen LogP contribution is 2.26. The number of rotatable bonds is 5. The Morgan fingerprint density at radius 1 is 1.30 bits per heavy atom. The fourth-order valence-corrected chi connectivity index (χ4v) is 4.33. The lowest BCUT2D eigenvalue weighted by Gasteiger charge is -2.23. The van der Waals surface area contributed by atoms with E-state index in [9.17, 15) is 14.9 Å². The maximum atomic E-state index is 13.2. The first-order chi connectivity index (χ1) is 14.6. The van der Waals surface area contributed by atoms with E-state index in [2.05, 4.69) is 11.4 Å². The number of nitriles is 1. The number of likely N-dealkylation sites (tertiary alicyclic amines) is 1. The normalized spacial score (nSPS) is 19.1. The first-order valence-electron chi connectivity index (χ1n) is 10.5. The largest absolute Gasteiger partial charge is 0.373 e. The first-order valence-corrected chi connectivity index (χ1v) is 10.5. The summed E-state index contributed by atoms with van der Waals surface area (Å²) in [7, 11) is 0. The molecule has 7 heteroatoms. The molecule has 1 aromatic heterocycles. The van der Waals surface area contributed by atoms with E-state index in [1.165, 1.54) is 0 Å². The van der Waals surface area contributed by atoms with Gasteiger partial charge in [0.2, 0.25) is 0 Å². The third-order valence-electron chi connectivity index (χ3n) is 5.95. The lowest BCUT2D eigenvalue weighted by molar-refractivity contribution is 0.0696. The molecule has 4 rings (SSSR count). The molecule has 2 aliphatic rings. The van der Waals surface area contributed by atoms with Crippen LogP contribution in [0.3, 0.4) is 0 Å². The summed E-state index contributed by atoms with van der Waals surface area (Å²) in [5.74, 6) is -0.395. The summed E-state index contributed by atoms with van der Waals surface area (Å²) in [4.78, 5) is 28.0. The standard InChI is InChI=1S/C23H26N4O3/c1-2-19(16-7-4-3-5-8-16)25-22(28)18-13-20(27-11-12-30-15-21(18)27)23(29)26-10-6-9-17(26)14-24/h3-5,7-8,13,17,19H,2,6,9-12,15H2,1H3,(H,25,28). The first kappa shape index (κ1) is 20.2. The quantitative estimate of drug-likeness (QED) is 0.827. The third-order valence-corrected chi connectivity index (χ3v) is 5.95. The van der Waals surface area contributed by atoms with Gasteiger partial charge in [-0.3, -0.25) is 9.59 Å². The van der Waals surface area contributed by atoms with Crippen LogP contribution in [-0.4, -0.2) is 40.5 Å². The van der Waals surface area contributed by atoms with Crippen LogP contribution in [0.15, 0.2) is 36.4 Å². The zero-order valence-electron chi connectivity index (χ0n) is 17.1. The second-order valence-corrected chi connectivity index (χ2v) is 7.72. The van der Waals surface area contributed by atoms with E-state index in [1.807, 2.05) is 41.8 Å². The molecule has 2 amide bonds. The van der Waals surface area contributed by atoms with Crippen molar-refractivity contribution < 1.29 is 14.3 Å². The van der Waals surface area contributed by atoms with Gasteiger partial charge < -0.3 is 19.5 Å². The molecule has 2 atom stereocenters. The Morgan fingerprint density at radius 2 is 2.10 bits per heavy atom. The molecule has 2 unspecified atom stereocenters. The number of carbonyl (C=O) groups excluding carboxylic acids is 2. The van der Waals surface area contributed by atoms with E-state index in [1.54, 1.807) is 11.0 Å². The minimum Gasteiger partial charge on any atom is -0.373 e. The topological polar surface area (TPSA) is 87.4 Å². The fourth-order valence-electron chi connectivity index (χ4n) is 4.33. The molecule has 2 aliphatic heterocycles. The van der Waals surface area contributed by atoms with Crippen LogP contribution in [0.2, 0.25) is 0 Å². The molecule has 156 valence electrons. The van der Waals surface area contributed by atoms with Gasteiger partial charge in [0.1, 0.15) is 11.7 Å². The summed E-state index contributed by atoms with van der Waals surface area (Å²) in [6.45, 7) is 3.90. The number of fused-ring (bicyclic) bond motifs is 1. The van der Waals surface area contributed by atoms with Gasteiger partial charge >= 0.3 is 0 Å². The van der Waals surface area contributed by atoms with Gasteiger partial charge in [0.05, 0.1) is 36.6 Å². The minimum atomic E-state index is -0.400. The van der Waals surface area contributed by atoms with Gasteiger partial charge in [-0.15, -0.1) is 0 Å². The van der Waals surface area contributed by atoms with Gasteiger partial charge in [-0.05, 0) is 30.9 Å². The summed E-state index contributed by atoms with van der Waals surface area (Å²) in [5.41, 5.74) is 2.70. The number of nitrogens with zero attached hydrogens (tertiary/aromatic N) is 3. The summed E-state index contributed by atoms with van der Waals surface area (Å²) >= 11 is 0. The predicted octanol–water partition coefficient (Wildman–Crippen LogP) is 3.03. The average Bonchev–Trinajstić information content (AvgIpc) is 3.42. The molecule has 7 nitrogen and oxygen atoms in total. The van der Waals surface area contributed by atoms with Gasteiger partial charge in [-0.25, -0.2) is 0 Å². The van der Waals surface area contributed by atoms with Crippen molar-refractivity contribution in [2.75, 3.05) is 13.2 Å². The maximum absolute atomic E-state index is 13.2. The van der Waals surface area contributed by atoms with E-state index >= 15 is 0 Å². The molecule has 30 heavy (non-hydrogen) atoms. The van der Waals surface area contributed by atoms with Crippen molar-refractivity contribution in [1.82, 2.24) is 14.8 Å². The zero-order valence-corrected chi connectivity index (χ0v) is 17.1. The van der Waals surface area contributed by atoms with Crippen LogP contribution in [0.5, 0.6) is 0 Å². The number of ether oxygens (including phenoxy) is 1. The van der Waals surface area contributed by atoms with Gasteiger partial charge in [0.25, 0.3) is 11.8 Å². The highest BCUT2D eigenvalue weighted by molar-refractivity contribution is 6.01. The number of hydrogen-bond donors (Lipinski definition) is 1. The SMILES string of the molecule is CCC(NC(=O)c1cc(C(=O)N2CCCC2C#N)n2c1COCC2)c1ccccc1. The molecule has 0 aliphatic carbocycles. The summed E-state index contributed by atoms with van der Waals surface area (Å²) in [6, 6.07) is 13.2. The van der Waals surface area contributed by atoms with Gasteiger partial charge in [0.15, 0.2) is 0 Å². The molecule has 1 fully saturated rings. The number of nitrogens with one attached hydrogen (secondary N) is 1. The van der Waals surface area contributed by atoms with Crippen molar-refractivity contribution in [3.63, 3.8) is 0 Å². The van der Waals surface area contributed by atoms with Crippen LogP contribution < -0.4 is 5.32 Å². The number of amides is 2. The van der Waals surface area contributed by atoms with E-state index in [4.69, 9.17) is 4.74 Å². The summed E-state index contributed by atoms with van der Waals surface area (Å²) < 4.78 is 7.47.